The van der Waals surface area contributed by atoms with Crippen molar-refractivity contribution in [3.05, 3.63) is 30.3 Å². The molecule has 2 heterocycles. The average Bonchev–Trinajstić information content (AvgIpc) is 2.98. The lowest BCUT2D eigenvalue weighted by atomic mass is 10.2. The van der Waals surface area contributed by atoms with Crippen LogP contribution < -0.4 is 0 Å². The lowest BCUT2D eigenvalue weighted by Crippen LogP contribution is -2.44. The summed E-state index contributed by atoms with van der Waals surface area (Å²) < 4.78 is 5.44. The maximum absolute atomic E-state index is 5.44. The number of thioether (sulfide) groups is 1. The Hall–Kier alpha value is -0.550. The van der Waals surface area contributed by atoms with Gasteiger partial charge in [0, 0.05) is 42.9 Å². The van der Waals surface area contributed by atoms with Gasteiger partial charge >= 0.3 is 0 Å². The highest BCUT2D eigenvalue weighted by Gasteiger charge is 2.28. The van der Waals surface area contributed by atoms with Crippen LogP contribution in [-0.4, -0.2) is 67.5 Å². The molecule has 3 nitrogen and oxygen atoms in total. The van der Waals surface area contributed by atoms with E-state index in [9.17, 15) is 0 Å². The van der Waals surface area contributed by atoms with E-state index in [4.69, 9.17) is 4.74 Å². The minimum Gasteiger partial charge on any atom is -0.379 e. The second-order valence-electron chi connectivity index (χ2n) is 5.55. The van der Waals surface area contributed by atoms with Gasteiger partial charge in [-0.25, -0.2) is 0 Å². The van der Waals surface area contributed by atoms with E-state index in [2.05, 4.69) is 40.1 Å². The SMILES string of the molecule is c1ccc(SCCN2CCC(N3CCOCC3)C2)cc1. The Morgan fingerprint density at radius 2 is 1.90 bits per heavy atom. The fraction of sp³-hybridized carbons (Fsp3) is 0.625. The Morgan fingerprint density at radius 1 is 1.10 bits per heavy atom. The highest BCUT2D eigenvalue weighted by molar-refractivity contribution is 7.99. The Balaban J connectivity index is 1.37. The molecule has 0 aliphatic carbocycles. The van der Waals surface area contributed by atoms with Crippen LogP contribution in [0.25, 0.3) is 0 Å². The second-order valence-corrected chi connectivity index (χ2v) is 6.72. The van der Waals surface area contributed by atoms with Crippen molar-refractivity contribution in [3.63, 3.8) is 0 Å². The summed E-state index contributed by atoms with van der Waals surface area (Å²) in [6, 6.07) is 11.5. The molecule has 2 aliphatic rings. The van der Waals surface area contributed by atoms with Crippen LogP contribution in [0.4, 0.5) is 0 Å². The van der Waals surface area contributed by atoms with Crippen LogP contribution in [0.1, 0.15) is 6.42 Å². The third-order valence-corrected chi connectivity index (χ3v) is 5.22. The van der Waals surface area contributed by atoms with Gasteiger partial charge in [0.1, 0.15) is 0 Å². The number of morpholine rings is 1. The third kappa shape index (κ3) is 3.98. The van der Waals surface area contributed by atoms with Gasteiger partial charge in [-0.05, 0) is 25.1 Å². The molecular weight excluding hydrogens is 268 g/mol. The molecule has 4 heteroatoms. The molecule has 1 aromatic rings. The lowest BCUT2D eigenvalue weighted by molar-refractivity contribution is 0.0186. The van der Waals surface area contributed by atoms with Crippen LogP contribution in [0.3, 0.4) is 0 Å². The van der Waals surface area contributed by atoms with Crippen LogP contribution in [0.5, 0.6) is 0 Å². The number of ether oxygens (including phenoxy) is 1. The van der Waals surface area contributed by atoms with E-state index >= 15 is 0 Å². The van der Waals surface area contributed by atoms with E-state index < -0.39 is 0 Å². The molecule has 0 spiro atoms. The molecule has 2 fully saturated rings. The average molecular weight is 292 g/mol. The van der Waals surface area contributed by atoms with Gasteiger partial charge in [0.2, 0.25) is 0 Å². The molecule has 1 unspecified atom stereocenters. The highest BCUT2D eigenvalue weighted by atomic mass is 32.2. The smallest absolute Gasteiger partial charge is 0.0594 e. The molecule has 1 aromatic carbocycles. The maximum atomic E-state index is 5.44. The van der Waals surface area contributed by atoms with Crippen molar-refractivity contribution >= 4 is 11.8 Å². The summed E-state index contributed by atoms with van der Waals surface area (Å²) >= 11 is 1.97. The van der Waals surface area contributed by atoms with Crippen LogP contribution in [0.2, 0.25) is 0 Å². The zero-order valence-corrected chi connectivity index (χ0v) is 12.9. The van der Waals surface area contributed by atoms with Crippen molar-refractivity contribution in [2.75, 3.05) is 51.7 Å². The van der Waals surface area contributed by atoms with Crippen LogP contribution >= 0.6 is 11.8 Å². The highest BCUT2D eigenvalue weighted by Crippen LogP contribution is 2.20. The van der Waals surface area contributed by atoms with Crippen molar-refractivity contribution in [1.82, 2.24) is 9.80 Å². The summed E-state index contributed by atoms with van der Waals surface area (Å²) in [6.07, 6.45) is 1.33. The van der Waals surface area contributed by atoms with Crippen molar-refractivity contribution in [2.45, 2.75) is 17.4 Å². The number of rotatable bonds is 5. The van der Waals surface area contributed by atoms with E-state index in [0.29, 0.717) is 0 Å². The zero-order chi connectivity index (χ0) is 13.6. The summed E-state index contributed by atoms with van der Waals surface area (Å²) in [5, 5.41) is 0. The van der Waals surface area contributed by atoms with E-state index in [1.807, 2.05) is 11.8 Å². The van der Waals surface area contributed by atoms with Gasteiger partial charge in [0.05, 0.1) is 13.2 Å². The van der Waals surface area contributed by atoms with Crippen LogP contribution in [0, 0.1) is 0 Å². The Bertz CT molecular complexity index is 395. The molecule has 110 valence electrons. The maximum Gasteiger partial charge on any atom is 0.0594 e. The monoisotopic (exact) mass is 292 g/mol. The predicted octanol–water partition coefficient (Wildman–Crippen LogP) is 2.19. The van der Waals surface area contributed by atoms with Gasteiger partial charge in [0.25, 0.3) is 0 Å². The van der Waals surface area contributed by atoms with E-state index in [1.165, 1.54) is 36.7 Å². The molecule has 20 heavy (non-hydrogen) atoms. The van der Waals surface area contributed by atoms with E-state index in [1.54, 1.807) is 0 Å². The van der Waals surface area contributed by atoms with E-state index in [0.717, 1.165) is 32.3 Å². The summed E-state index contributed by atoms with van der Waals surface area (Å²) in [5.41, 5.74) is 0. The van der Waals surface area contributed by atoms with Crippen molar-refractivity contribution in [1.29, 1.82) is 0 Å². The molecule has 0 saturated carbocycles. The Morgan fingerprint density at radius 3 is 2.70 bits per heavy atom. The molecule has 0 amide bonds. The summed E-state index contributed by atoms with van der Waals surface area (Å²) in [7, 11) is 0. The van der Waals surface area contributed by atoms with Gasteiger partial charge in [-0.15, -0.1) is 11.8 Å². The summed E-state index contributed by atoms with van der Waals surface area (Å²) in [5.74, 6) is 1.19. The molecular formula is C16H24N2OS. The quantitative estimate of drug-likeness (QED) is 0.773. The van der Waals surface area contributed by atoms with Gasteiger partial charge in [-0.2, -0.15) is 0 Å². The van der Waals surface area contributed by atoms with Crippen molar-refractivity contribution < 1.29 is 4.74 Å². The number of benzene rings is 1. The minimum absolute atomic E-state index is 0.764. The normalized spacial score (nSPS) is 25.1. The second kappa shape index (κ2) is 7.46. The first-order valence-electron chi connectivity index (χ1n) is 7.64. The molecule has 0 aromatic heterocycles. The molecule has 2 saturated heterocycles. The fourth-order valence-electron chi connectivity index (χ4n) is 3.07. The number of likely N-dealkylation sites (tertiary alicyclic amines) is 1. The predicted molar refractivity (Wildman–Crippen MR) is 84.4 cm³/mol. The Labute approximate surface area is 126 Å². The van der Waals surface area contributed by atoms with Crippen molar-refractivity contribution in [2.24, 2.45) is 0 Å². The molecule has 0 radical (unpaired) electrons. The first kappa shape index (κ1) is 14.4. The van der Waals surface area contributed by atoms with Gasteiger partial charge in [-0.1, -0.05) is 18.2 Å². The summed E-state index contributed by atoms with van der Waals surface area (Å²) in [6.45, 7) is 7.79. The number of hydrogen-bond acceptors (Lipinski definition) is 4. The van der Waals surface area contributed by atoms with Crippen LogP contribution in [0.15, 0.2) is 35.2 Å². The largest absolute Gasteiger partial charge is 0.379 e. The molecule has 0 bridgehead atoms. The number of nitrogens with zero attached hydrogens (tertiary/aromatic N) is 2. The molecule has 1 atom stereocenters. The van der Waals surface area contributed by atoms with Gasteiger partial charge < -0.3 is 9.64 Å². The van der Waals surface area contributed by atoms with Crippen molar-refractivity contribution in [3.8, 4) is 0 Å². The standard InChI is InChI=1S/C16H24N2OS/c1-2-4-16(5-3-1)20-13-10-17-7-6-15(14-17)18-8-11-19-12-9-18/h1-5,15H,6-14H2. The first-order chi connectivity index (χ1) is 9.92. The topological polar surface area (TPSA) is 15.7 Å². The Kier molecular flexibility index (Phi) is 5.36. The third-order valence-electron chi connectivity index (χ3n) is 4.23. The zero-order valence-electron chi connectivity index (χ0n) is 12.0. The first-order valence-corrected chi connectivity index (χ1v) is 8.62. The number of hydrogen-bond donors (Lipinski definition) is 0. The minimum atomic E-state index is 0.764. The lowest BCUT2D eigenvalue weighted by Gasteiger charge is -2.32. The van der Waals surface area contributed by atoms with Crippen LogP contribution in [-0.2, 0) is 4.74 Å². The van der Waals surface area contributed by atoms with E-state index in [-0.39, 0.29) is 0 Å². The summed E-state index contributed by atoms with van der Waals surface area (Å²) in [4.78, 5) is 6.63. The molecule has 3 rings (SSSR count). The van der Waals surface area contributed by atoms with Gasteiger partial charge in [0.15, 0.2) is 0 Å². The van der Waals surface area contributed by atoms with Gasteiger partial charge in [-0.3, -0.25) is 4.90 Å². The molecule has 2 aliphatic heterocycles. The molecule has 0 N–H and O–H groups in total. The fourth-order valence-corrected chi connectivity index (χ4v) is 4.00.